The van der Waals surface area contributed by atoms with Gasteiger partial charge in [-0.25, -0.2) is 0 Å². The van der Waals surface area contributed by atoms with Gasteiger partial charge in [0.25, 0.3) is 5.91 Å². The van der Waals surface area contributed by atoms with E-state index in [1.54, 1.807) is 6.07 Å². The number of nitrogens with one attached hydrogen (secondary N) is 1. The lowest BCUT2D eigenvalue weighted by Gasteiger charge is -2.20. The van der Waals surface area contributed by atoms with Crippen molar-refractivity contribution in [2.24, 2.45) is 0 Å². The van der Waals surface area contributed by atoms with E-state index in [9.17, 15) is 4.79 Å². The fraction of sp³-hybridized carbons (Fsp3) is 0.417. The van der Waals surface area contributed by atoms with Crippen LogP contribution >= 0.6 is 31.9 Å². The highest BCUT2D eigenvalue weighted by atomic mass is 79.9. The van der Waals surface area contributed by atoms with Gasteiger partial charge in [-0.05, 0) is 55.1 Å². The average Bonchev–Trinajstić information content (AvgIpc) is 2.28. The van der Waals surface area contributed by atoms with Crippen molar-refractivity contribution in [3.63, 3.8) is 0 Å². The number of benzene rings is 1. The zero-order valence-corrected chi connectivity index (χ0v) is 13.3. The summed E-state index contributed by atoms with van der Waals surface area (Å²) in [5.41, 5.74) is 0.644. The van der Waals surface area contributed by atoms with Crippen molar-refractivity contribution in [1.82, 2.24) is 10.2 Å². The van der Waals surface area contributed by atoms with E-state index >= 15 is 0 Å². The quantitative estimate of drug-likeness (QED) is 0.891. The standard InChI is InChI=1S/C12H16Br2N2O/c1-8(16(2)3)7-15-12(17)10-6-9(13)4-5-11(10)14/h4-6,8H,7H2,1-3H3,(H,15,17). The highest BCUT2D eigenvalue weighted by molar-refractivity contribution is 9.11. The van der Waals surface area contributed by atoms with E-state index in [0.29, 0.717) is 18.2 Å². The van der Waals surface area contributed by atoms with Crippen LogP contribution in [0.3, 0.4) is 0 Å². The normalized spacial score (nSPS) is 12.6. The maximum atomic E-state index is 12.0. The lowest BCUT2D eigenvalue weighted by molar-refractivity contribution is 0.0943. The molecule has 5 heteroatoms. The zero-order valence-electron chi connectivity index (χ0n) is 10.1. The summed E-state index contributed by atoms with van der Waals surface area (Å²) in [6.45, 7) is 2.70. The van der Waals surface area contributed by atoms with Gasteiger partial charge in [-0.3, -0.25) is 4.79 Å². The molecule has 0 aliphatic heterocycles. The summed E-state index contributed by atoms with van der Waals surface area (Å²) < 4.78 is 1.70. The molecule has 3 nitrogen and oxygen atoms in total. The van der Waals surface area contributed by atoms with Crippen molar-refractivity contribution < 1.29 is 4.79 Å². The topological polar surface area (TPSA) is 32.3 Å². The molecule has 0 bridgehead atoms. The molecule has 0 aliphatic carbocycles. The smallest absolute Gasteiger partial charge is 0.252 e. The van der Waals surface area contributed by atoms with Crippen LogP contribution in [-0.4, -0.2) is 37.5 Å². The molecule has 0 radical (unpaired) electrons. The van der Waals surface area contributed by atoms with Gasteiger partial charge in [0, 0.05) is 21.5 Å². The number of hydrogen-bond acceptors (Lipinski definition) is 2. The molecule has 0 heterocycles. The van der Waals surface area contributed by atoms with E-state index in [-0.39, 0.29) is 5.91 Å². The van der Waals surface area contributed by atoms with Crippen LogP contribution in [0.4, 0.5) is 0 Å². The second kappa shape index (κ2) is 6.52. The Bertz CT molecular complexity index is 407. The van der Waals surface area contributed by atoms with Crippen LogP contribution < -0.4 is 5.32 Å². The molecule has 94 valence electrons. The summed E-state index contributed by atoms with van der Waals surface area (Å²) in [6.07, 6.45) is 0. The summed E-state index contributed by atoms with van der Waals surface area (Å²) in [5.74, 6) is -0.0631. The summed E-state index contributed by atoms with van der Waals surface area (Å²) in [5, 5.41) is 2.92. The fourth-order valence-electron chi connectivity index (χ4n) is 1.19. The van der Waals surface area contributed by atoms with Gasteiger partial charge < -0.3 is 10.2 Å². The van der Waals surface area contributed by atoms with Crippen LogP contribution in [0, 0.1) is 0 Å². The molecule has 1 aromatic carbocycles. The second-order valence-corrected chi connectivity index (χ2v) is 5.92. The maximum absolute atomic E-state index is 12.0. The largest absolute Gasteiger partial charge is 0.350 e. The Hall–Kier alpha value is -0.390. The number of halogens is 2. The monoisotopic (exact) mass is 362 g/mol. The summed E-state index contributed by atoms with van der Waals surface area (Å²) in [4.78, 5) is 14.0. The summed E-state index contributed by atoms with van der Waals surface area (Å²) in [6, 6.07) is 5.86. The van der Waals surface area contributed by atoms with E-state index in [4.69, 9.17) is 0 Å². The van der Waals surface area contributed by atoms with E-state index in [1.807, 2.05) is 26.2 Å². The molecule has 1 unspecified atom stereocenters. The van der Waals surface area contributed by atoms with Crippen LogP contribution in [-0.2, 0) is 0 Å². The second-order valence-electron chi connectivity index (χ2n) is 4.15. The van der Waals surface area contributed by atoms with Gasteiger partial charge in [-0.2, -0.15) is 0 Å². The average molecular weight is 364 g/mol. The van der Waals surface area contributed by atoms with Crippen molar-refractivity contribution in [3.05, 3.63) is 32.7 Å². The molecule has 1 rings (SSSR count). The number of carbonyl (C=O) groups excluding carboxylic acids is 1. The van der Waals surface area contributed by atoms with Gasteiger partial charge in [0.15, 0.2) is 0 Å². The molecule has 0 aromatic heterocycles. The van der Waals surface area contributed by atoms with Gasteiger partial charge in [-0.1, -0.05) is 15.9 Å². The Kier molecular flexibility index (Phi) is 5.62. The summed E-state index contributed by atoms with van der Waals surface area (Å²) in [7, 11) is 3.98. The first-order chi connectivity index (χ1) is 7.91. The molecular formula is C12H16Br2N2O. The number of amides is 1. The van der Waals surface area contributed by atoms with Crippen molar-refractivity contribution in [2.45, 2.75) is 13.0 Å². The molecule has 0 fully saturated rings. The Morgan fingerprint density at radius 3 is 2.65 bits per heavy atom. The van der Waals surface area contributed by atoms with Crippen LogP contribution in [0.2, 0.25) is 0 Å². The van der Waals surface area contributed by atoms with Crippen molar-refractivity contribution in [2.75, 3.05) is 20.6 Å². The van der Waals surface area contributed by atoms with E-state index in [2.05, 4.69) is 49.0 Å². The van der Waals surface area contributed by atoms with Crippen molar-refractivity contribution >= 4 is 37.8 Å². The Labute approximate surface area is 119 Å². The third-order valence-electron chi connectivity index (χ3n) is 2.61. The number of rotatable bonds is 4. The highest BCUT2D eigenvalue weighted by Gasteiger charge is 2.12. The minimum Gasteiger partial charge on any atom is -0.350 e. The molecular weight excluding hydrogens is 348 g/mol. The third-order valence-corrected chi connectivity index (χ3v) is 3.80. The first-order valence-electron chi connectivity index (χ1n) is 5.31. The molecule has 1 aromatic rings. The minimum absolute atomic E-state index is 0.0631. The Morgan fingerprint density at radius 2 is 2.06 bits per heavy atom. The van der Waals surface area contributed by atoms with Gasteiger partial charge in [0.05, 0.1) is 5.56 Å². The first kappa shape index (κ1) is 14.7. The first-order valence-corrected chi connectivity index (χ1v) is 6.90. The van der Waals surface area contributed by atoms with Crippen LogP contribution in [0.25, 0.3) is 0 Å². The van der Waals surface area contributed by atoms with Gasteiger partial charge in [-0.15, -0.1) is 0 Å². The molecule has 0 aliphatic rings. The molecule has 0 saturated heterocycles. The number of likely N-dealkylation sites (N-methyl/N-ethyl adjacent to an activating group) is 1. The number of nitrogens with zero attached hydrogens (tertiary/aromatic N) is 1. The molecule has 0 spiro atoms. The Balaban J connectivity index is 2.67. The van der Waals surface area contributed by atoms with Gasteiger partial charge >= 0.3 is 0 Å². The maximum Gasteiger partial charge on any atom is 0.252 e. The molecule has 1 amide bonds. The number of hydrogen-bond donors (Lipinski definition) is 1. The summed E-state index contributed by atoms with van der Waals surface area (Å²) >= 11 is 6.73. The molecule has 17 heavy (non-hydrogen) atoms. The van der Waals surface area contributed by atoms with Crippen LogP contribution in [0.1, 0.15) is 17.3 Å². The van der Waals surface area contributed by atoms with E-state index < -0.39 is 0 Å². The predicted molar refractivity (Wildman–Crippen MR) is 77.3 cm³/mol. The molecule has 1 atom stereocenters. The lowest BCUT2D eigenvalue weighted by atomic mass is 10.2. The van der Waals surface area contributed by atoms with E-state index in [0.717, 1.165) is 8.95 Å². The minimum atomic E-state index is -0.0631. The number of carbonyl (C=O) groups is 1. The predicted octanol–water partition coefficient (Wildman–Crippen LogP) is 2.89. The fourth-order valence-corrected chi connectivity index (χ4v) is 1.98. The molecule has 1 N–H and O–H groups in total. The lowest BCUT2D eigenvalue weighted by Crippen LogP contribution is -2.38. The molecule has 0 saturated carbocycles. The van der Waals surface area contributed by atoms with E-state index in [1.165, 1.54) is 0 Å². The highest BCUT2D eigenvalue weighted by Crippen LogP contribution is 2.21. The third kappa shape index (κ3) is 4.41. The SMILES string of the molecule is CC(CNC(=O)c1cc(Br)ccc1Br)N(C)C. The van der Waals surface area contributed by atoms with Gasteiger partial charge in [0.2, 0.25) is 0 Å². The van der Waals surface area contributed by atoms with Crippen molar-refractivity contribution in [3.8, 4) is 0 Å². The van der Waals surface area contributed by atoms with Crippen molar-refractivity contribution in [1.29, 1.82) is 0 Å². The van der Waals surface area contributed by atoms with Gasteiger partial charge in [0.1, 0.15) is 0 Å². The zero-order chi connectivity index (χ0) is 13.0. The van der Waals surface area contributed by atoms with Crippen LogP contribution in [0.15, 0.2) is 27.1 Å². The van der Waals surface area contributed by atoms with Crippen LogP contribution in [0.5, 0.6) is 0 Å². The Morgan fingerprint density at radius 1 is 1.41 bits per heavy atom.